The number of carbonyl (C=O) groups is 1. The quantitative estimate of drug-likeness (QED) is 0.909. The second kappa shape index (κ2) is 5.18. The van der Waals surface area contributed by atoms with Crippen LogP contribution in [0.3, 0.4) is 0 Å². The van der Waals surface area contributed by atoms with Crippen LogP contribution in [0.5, 0.6) is 0 Å². The summed E-state index contributed by atoms with van der Waals surface area (Å²) in [6.45, 7) is 0. The fourth-order valence-electron chi connectivity index (χ4n) is 1.33. The maximum Gasteiger partial charge on any atom is 0.434 e. The van der Waals surface area contributed by atoms with Crippen LogP contribution in [0.2, 0.25) is 5.02 Å². The van der Waals surface area contributed by atoms with Crippen LogP contribution >= 0.6 is 22.9 Å². The molecule has 0 aliphatic rings. The van der Waals surface area contributed by atoms with Crippen LogP contribution in [-0.4, -0.2) is 10.9 Å². The van der Waals surface area contributed by atoms with Crippen LogP contribution in [0, 0.1) is 0 Å². The van der Waals surface area contributed by atoms with Crippen molar-refractivity contribution in [3.05, 3.63) is 45.4 Å². The van der Waals surface area contributed by atoms with Gasteiger partial charge in [-0.2, -0.15) is 13.2 Å². The van der Waals surface area contributed by atoms with Crippen molar-refractivity contribution < 1.29 is 18.0 Å². The summed E-state index contributed by atoms with van der Waals surface area (Å²) >= 11 is 6.30. The summed E-state index contributed by atoms with van der Waals surface area (Å²) in [5.74, 6) is -0.850. The minimum atomic E-state index is -4.65. The lowest BCUT2D eigenvalue weighted by Gasteiger charge is -2.07. The van der Waals surface area contributed by atoms with Crippen molar-refractivity contribution in [3.8, 4) is 0 Å². The molecule has 0 aliphatic carbocycles. The van der Waals surface area contributed by atoms with Crippen LogP contribution in [0.25, 0.3) is 0 Å². The van der Waals surface area contributed by atoms with Gasteiger partial charge in [-0.15, -0.1) is 11.3 Å². The molecule has 0 atom stereocenters. The van der Waals surface area contributed by atoms with E-state index in [9.17, 15) is 18.0 Å². The third-order valence-corrected chi connectivity index (χ3v) is 3.22. The number of rotatable bonds is 2. The van der Waals surface area contributed by atoms with Crippen LogP contribution < -0.4 is 5.32 Å². The van der Waals surface area contributed by atoms with E-state index < -0.39 is 22.7 Å². The number of nitrogens with one attached hydrogen (secondary N) is 1. The van der Waals surface area contributed by atoms with Gasteiger partial charge in [-0.1, -0.05) is 11.6 Å². The van der Waals surface area contributed by atoms with Crippen molar-refractivity contribution in [2.24, 2.45) is 0 Å². The summed E-state index contributed by atoms with van der Waals surface area (Å²) in [4.78, 5) is 14.5. The molecule has 2 rings (SSSR count). The van der Waals surface area contributed by atoms with E-state index in [1.807, 2.05) is 0 Å². The third-order valence-electron chi connectivity index (χ3n) is 2.14. The molecular formula is C11H6ClF3N2OS. The molecule has 1 N–H and O–H groups in total. The normalized spacial score (nSPS) is 11.4. The predicted octanol–water partition coefficient (Wildman–Crippen LogP) is 4.07. The number of aromatic nitrogens is 1. The molecule has 8 heteroatoms. The summed E-state index contributed by atoms with van der Waals surface area (Å²) in [6.07, 6.45) is -4.65. The Morgan fingerprint density at radius 1 is 1.26 bits per heavy atom. The van der Waals surface area contributed by atoms with E-state index in [4.69, 9.17) is 11.6 Å². The van der Waals surface area contributed by atoms with E-state index in [1.54, 1.807) is 0 Å². The Balaban J connectivity index is 2.21. The molecule has 0 spiro atoms. The number of alkyl halides is 3. The lowest BCUT2D eigenvalue weighted by atomic mass is 10.3. The Kier molecular flexibility index (Phi) is 3.77. The second-order valence-electron chi connectivity index (χ2n) is 3.49. The molecule has 0 saturated heterocycles. The van der Waals surface area contributed by atoms with Gasteiger partial charge >= 0.3 is 6.18 Å². The lowest BCUT2D eigenvalue weighted by molar-refractivity contribution is -0.141. The first-order valence-corrected chi connectivity index (χ1v) is 6.21. The van der Waals surface area contributed by atoms with Gasteiger partial charge in [0.2, 0.25) is 0 Å². The summed E-state index contributed by atoms with van der Waals surface area (Å²) < 4.78 is 37.7. The highest BCUT2D eigenvalue weighted by Crippen LogP contribution is 2.33. The topological polar surface area (TPSA) is 42.0 Å². The molecule has 0 bridgehead atoms. The molecule has 1 aromatic heterocycles. The molecule has 1 amide bonds. The van der Waals surface area contributed by atoms with Gasteiger partial charge in [-0.3, -0.25) is 4.79 Å². The molecule has 19 heavy (non-hydrogen) atoms. The Hall–Kier alpha value is -1.60. The Morgan fingerprint density at radius 3 is 2.47 bits per heavy atom. The second-order valence-corrected chi connectivity index (χ2v) is 4.78. The lowest BCUT2D eigenvalue weighted by Crippen LogP contribution is -2.17. The number of carbonyl (C=O) groups excluding carboxylic acids is 1. The molecule has 3 nitrogen and oxygen atoms in total. The number of benzene rings is 1. The van der Waals surface area contributed by atoms with Crippen LogP contribution in [0.15, 0.2) is 29.8 Å². The van der Waals surface area contributed by atoms with Crippen molar-refractivity contribution in [1.29, 1.82) is 0 Å². The largest absolute Gasteiger partial charge is 0.434 e. The number of nitrogens with zero attached hydrogens (tertiary/aromatic N) is 1. The summed E-state index contributed by atoms with van der Waals surface area (Å²) in [5, 5.41) is 2.82. The molecular weight excluding hydrogens is 301 g/mol. The van der Waals surface area contributed by atoms with Gasteiger partial charge in [0.15, 0.2) is 5.69 Å². The smallest absolute Gasteiger partial charge is 0.321 e. The van der Waals surface area contributed by atoms with Gasteiger partial charge in [0.05, 0.1) is 5.51 Å². The van der Waals surface area contributed by atoms with Crippen molar-refractivity contribution in [3.63, 3.8) is 0 Å². The highest BCUT2D eigenvalue weighted by Gasteiger charge is 2.38. The van der Waals surface area contributed by atoms with E-state index >= 15 is 0 Å². The minimum Gasteiger partial charge on any atom is -0.321 e. The number of anilines is 1. The molecule has 0 fully saturated rings. The Labute approximate surface area is 115 Å². The fourth-order valence-corrected chi connectivity index (χ4v) is 2.16. The van der Waals surface area contributed by atoms with Crippen molar-refractivity contribution in [2.45, 2.75) is 6.18 Å². The van der Waals surface area contributed by atoms with E-state index in [2.05, 4.69) is 10.3 Å². The Bertz CT molecular complexity index is 595. The molecule has 0 radical (unpaired) electrons. The zero-order chi connectivity index (χ0) is 14.0. The first-order valence-electron chi connectivity index (χ1n) is 4.95. The van der Waals surface area contributed by atoms with Gasteiger partial charge in [0.25, 0.3) is 5.91 Å². The first kappa shape index (κ1) is 13.8. The van der Waals surface area contributed by atoms with Crippen molar-refractivity contribution in [2.75, 3.05) is 5.32 Å². The molecule has 1 aromatic carbocycles. The summed E-state index contributed by atoms with van der Waals surface area (Å²) in [7, 11) is 0. The third kappa shape index (κ3) is 3.24. The predicted molar refractivity (Wildman–Crippen MR) is 66.5 cm³/mol. The Morgan fingerprint density at radius 2 is 1.89 bits per heavy atom. The van der Waals surface area contributed by atoms with Gasteiger partial charge in [-0.05, 0) is 24.3 Å². The van der Waals surface area contributed by atoms with Crippen LogP contribution in [0.1, 0.15) is 15.4 Å². The van der Waals surface area contributed by atoms with E-state index in [0.29, 0.717) is 22.0 Å². The van der Waals surface area contributed by atoms with Crippen LogP contribution in [-0.2, 0) is 6.18 Å². The molecule has 2 aromatic rings. The van der Waals surface area contributed by atoms with Crippen molar-refractivity contribution >= 4 is 34.5 Å². The first-order chi connectivity index (χ1) is 8.88. The van der Waals surface area contributed by atoms with E-state index in [-0.39, 0.29) is 0 Å². The van der Waals surface area contributed by atoms with Crippen LogP contribution in [0.4, 0.5) is 18.9 Å². The average Bonchev–Trinajstić information content (AvgIpc) is 2.81. The number of hydrogen-bond donors (Lipinski definition) is 1. The molecule has 1 heterocycles. The highest BCUT2D eigenvalue weighted by molar-refractivity contribution is 7.12. The van der Waals surface area contributed by atoms with Gasteiger partial charge in [0.1, 0.15) is 4.88 Å². The summed E-state index contributed by atoms with van der Waals surface area (Å²) in [6, 6.07) is 6.03. The maximum atomic E-state index is 12.6. The van der Waals surface area contributed by atoms with Gasteiger partial charge < -0.3 is 5.32 Å². The molecule has 0 saturated carbocycles. The molecule has 100 valence electrons. The summed E-state index contributed by atoms with van der Waals surface area (Å²) in [5.41, 5.74) is 0.166. The minimum absolute atomic E-state index is 0.357. The fraction of sp³-hybridized carbons (Fsp3) is 0.0909. The standard InChI is InChI=1S/C11H6ClF3N2OS/c12-6-1-3-7(4-2-6)17-10(18)8-9(11(13,14)15)16-5-19-8/h1-5H,(H,17,18). The molecule has 0 unspecified atom stereocenters. The SMILES string of the molecule is O=C(Nc1ccc(Cl)cc1)c1scnc1C(F)(F)F. The number of amides is 1. The average molecular weight is 307 g/mol. The highest BCUT2D eigenvalue weighted by atomic mass is 35.5. The maximum absolute atomic E-state index is 12.6. The van der Waals surface area contributed by atoms with E-state index in [0.717, 1.165) is 5.51 Å². The number of thiazole rings is 1. The zero-order valence-corrected chi connectivity index (χ0v) is 10.7. The monoisotopic (exact) mass is 306 g/mol. The van der Waals surface area contributed by atoms with Gasteiger partial charge in [0, 0.05) is 10.7 Å². The number of halogens is 4. The number of hydrogen-bond acceptors (Lipinski definition) is 3. The van der Waals surface area contributed by atoms with E-state index in [1.165, 1.54) is 24.3 Å². The van der Waals surface area contributed by atoms with Crippen molar-refractivity contribution in [1.82, 2.24) is 4.98 Å². The molecule has 0 aliphatic heterocycles. The zero-order valence-electron chi connectivity index (χ0n) is 9.16. The van der Waals surface area contributed by atoms with Gasteiger partial charge in [-0.25, -0.2) is 4.98 Å².